The number of nitrogens with one attached hydrogen (secondary N) is 1. The smallest absolute Gasteiger partial charge is 0.318 e. The van der Waals surface area contributed by atoms with Crippen LogP contribution in [0.1, 0.15) is 26.2 Å². The lowest BCUT2D eigenvalue weighted by molar-refractivity contribution is -0.124. The average Bonchev–Trinajstić information content (AvgIpc) is 2.72. The second-order valence-electron chi connectivity index (χ2n) is 5.50. The first-order valence-electron chi connectivity index (χ1n) is 6.59. The molecule has 5 N–H and O–H groups in total. The molecule has 4 atom stereocenters. The zero-order chi connectivity index (χ0) is 13.3. The summed E-state index contributed by atoms with van der Waals surface area (Å²) in [4.78, 5) is 24.5. The second-order valence-corrected chi connectivity index (χ2v) is 5.50. The van der Waals surface area contributed by atoms with Gasteiger partial charge in [-0.3, -0.25) is 15.0 Å². The number of rotatable bonds is 2. The number of imide groups is 1. The maximum Gasteiger partial charge on any atom is 0.318 e. The summed E-state index contributed by atoms with van der Waals surface area (Å²) >= 11 is 0. The largest absolute Gasteiger partial charge is 0.351 e. The summed E-state index contributed by atoms with van der Waals surface area (Å²) in [6, 6.07) is -0.865. The second kappa shape index (κ2) is 5.24. The highest BCUT2D eigenvalue weighted by Gasteiger charge is 2.41. The Labute approximate surface area is 107 Å². The molecule has 4 unspecified atom stereocenters. The van der Waals surface area contributed by atoms with Crippen LogP contribution < -0.4 is 16.8 Å². The van der Waals surface area contributed by atoms with E-state index in [0.717, 1.165) is 19.5 Å². The lowest BCUT2D eigenvalue weighted by atomic mass is 9.78. The minimum absolute atomic E-state index is 0.250. The van der Waals surface area contributed by atoms with Crippen LogP contribution in [0.4, 0.5) is 4.79 Å². The minimum atomic E-state index is -0.792. The molecule has 0 aromatic carbocycles. The molecule has 2 aliphatic rings. The Kier molecular flexibility index (Phi) is 3.87. The number of nitrogens with zero attached hydrogens (tertiary/aromatic N) is 1. The highest BCUT2D eigenvalue weighted by Crippen LogP contribution is 2.36. The number of fused-ring (bicyclic) bond motifs is 1. The number of hydrogen-bond acceptors (Lipinski definition) is 4. The van der Waals surface area contributed by atoms with E-state index in [4.69, 9.17) is 11.5 Å². The summed E-state index contributed by atoms with van der Waals surface area (Å²) in [6.45, 7) is 3.55. The fraction of sp³-hybridized carbons (Fsp3) is 0.833. The van der Waals surface area contributed by atoms with Crippen LogP contribution in [-0.4, -0.2) is 42.0 Å². The van der Waals surface area contributed by atoms with E-state index in [0.29, 0.717) is 11.8 Å². The fourth-order valence-electron chi connectivity index (χ4n) is 3.26. The number of hydrogen-bond donors (Lipinski definition) is 3. The van der Waals surface area contributed by atoms with E-state index < -0.39 is 6.03 Å². The highest BCUT2D eigenvalue weighted by atomic mass is 16.2. The van der Waals surface area contributed by atoms with Crippen LogP contribution in [0.15, 0.2) is 0 Å². The lowest BCUT2D eigenvalue weighted by Gasteiger charge is -2.30. The molecule has 1 saturated carbocycles. The SMILES string of the molecule is CC(C(=O)NC(N)=O)N1CC2CCCC(N)C2C1. The molecule has 2 fully saturated rings. The molecule has 6 nitrogen and oxygen atoms in total. The van der Waals surface area contributed by atoms with Crippen LogP contribution >= 0.6 is 0 Å². The third-order valence-corrected chi connectivity index (χ3v) is 4.36. The van der Waals surface area contributed by atoms with Gasteiger partial charge in [-0.25, -0.2) is 4.79 Å². The third kappa shape index (κ3) is 2.64. The number of carbonyl (C=O) groups is 2. The van der Waals surface area contributed by atoms with Crippen LogP contribution in [0.2, 0.25) is 0 Å². The molecule has 18 heavy (non-hydrogen) atoms. The molecule has 0 radical (unpaired) electrons. The van der Waals surface area contributed by atoms with Crippen molar-refractivity contribution in [1.82, 2.24) is 10.2 Å². The maximum atomic E-state index is 11.7. The van der Waals surface area contributed by atoms with Crippen molar-refractivity contribution in [3.8, 4) is 0 Å². The molecule has 0 aromatic heterocycles. The molecule has 1 aliphatic carbocycles. The van der Waals surface area contributed by atoms with Crippen molar-refractivity contribution in [2.75, 3.05) is 13.1 Å². The summed E-state index contributed by atoms with van der Waals surface area (Å²) in [7, 11) is 0. The maximum absolute atomic E-state index is 11.7. The first kappa shape index (κ1) is 13.3. The van der Waals surface area contributed by atoms with Crippen LogP contribution in [-0.2, 0) is 4.79 Å². The van der Waals surface area contributed by atoms with Gasteiger partial charge in [0.15, 0.2) is 0 Å². The van der Waals surface area contributed by atoms with Gasteiger partial charge < -0.3 is 11.5 Å². The minimum Gasteiger partial charge on any atom is -0.351 e. The van der Waals surface area contributed by atoms with Gasteiger partial charge in [-0.1, -0.05) is 6.42 Å². The first-order chi connectivity index (χ1) is 8.49. The molecule has 3 amide bonds. The van der Waals surface area contributed by atoms with Gasteiger partial charge in [0.1, 0.15) is 0 Å². The summed E-state index contributed by atoms with van der Waals surface area (Å²) in [5.74, 6) is 0.759. The third-order valence-electron chi connectivity index (χ3n) is 4.36. The van der Waals surface area contributed by atoms with E-state index in [-0.39, 0.29) is 18.0 Å². The molecule has 0 bridgehead atoms. The van der Waals surface area contributed by atoms with Gasteiger partial charge in [0.2, 0.25) is 5.91 Å². The Morgan fingerprint density at radius 2 is 2.06 bits per heavy atom. The van der Waals surface area contributed by atoms with E-state index in [9.17, 15) is 9.59 Å². The van der Waals surface area contributed by atoms with Gasteiger partial charge in [0, 0.05) is 19.1 Å². The zero-order valence-electron chi connectivity index (χ0n) is 10.8. The van der Waals surface area contributed by atoms with Gasteiger partial charge in [-0.2, -0.15) is 0 Å². The molecule has 2 rings (SSSR count). The van der Waals surface area contributed by atoms with E-state index in [2.05, 4.69) is 10.2 Å². The molecule has 6 heteroatoms. The Morgan fingerprint density at radius 3 is 2.67 bits per heavy atom. The molecule has 1 heterocycles. The van der Waals surface area contributed by atoms with Crippen molar-refractivity contribution in [1.29, 1.82) is 0 Å². The number of urea groups is 1. The number of primary amides is 1. The molecule has 0 aromatic rings. The predicted molar refractivity (Wildman–Crippen MR) is 67.6 cm³/mol. The summed E-state index contributed by atoms with van der Waals surface area (Å²) in [5.41, 5.74) is 11.1. The molecular weight excluding hydrogens is 232 g/mol. The van der Waals surface area contributed by atoms with Crippen LogP contribution in [0, 0.1) is 11.8 Å². The van der Waals surface area contributed by atoms with Crippen molar-refractivity contribution >= 4 is 11.9 Å². The average molecular weight is 254 g/mol. The van der Waals surface area contributed by atoms with Gasteiger partial charge in [0.05, 0.1) is 6.04 Å². The monoisotopic (exact) mass is 254 g/mol. The van der Waals surface area contributed by atoms with E-state index in [1.807, 2.05) is 0 Å². The standard InChI is InChI=1S/C12H22N4O2/c1-7(11(17)15-12(14)18)16-5-8-3-2-4-10(13)9(8)6-16/h7-10H,2-6,13H2,1H3,(H3,14,15,17,18). The zero-order valence-corrected chi connectivity index (χ0v) is 10.8. The van der Waals surface area contributed by atoms with Crippen LogP contribution in [0.25, 0.3) is 0 Å². The van der Waals surface area contributed by atoms with Crippen LogP contribution in [0.3, 0.4) is 0 Å². The summed E-state index contributed by atoms with van der Waals surface area (Å²) in [6.07, 6.45) is 3.45. The van der Waals surface area contributed by atoms with Crippen LogP contribution in [0.5, 0.6) is 0 Å². The Balaban J connectivity index is 1.95. The molecule has 1 saturated heterocycles. The van der Waals surface area contributed by atoms with Crippen molar-refractivity contribution in [3.63, 3.8) is 0 Å². The number of carbonyl (C=O) groups excluding carboxylic acids is 2. The fourth-order valence-corrected chi connectivity index (χ4v) is 3.26. The molecule has 1 aliphatic heterocycles. The number of nitrogens with two attached hydrogens (primary N) is 2. The predicted octanol–water partition coefficient (Wildman–Crippen LogP) is -0.371. The Hall–Kier alpha value is -1.14. The molecule has 0 spiro atoms. The van der Waals surface area contributed by atoms with Crippen molar-refractivity contribution in [2.24, 2.45) is 23.3 Å². The number of likely N-dealkylation sites (tertiary alicyclic amines) is 1. The van der Waals surface area contributed by atoms with E-state index >= 15 is 0 Å². The highest BCUT2D eigenvalue weighted by molar-refractivity contribution is 5.96. The van der Waals surface area contributed by atoms with E-state index in [1.165, 1.54) is 12.8 Å². The van der Waals surface area contributed by atoms with Crippen molar-refractivity contribution in [3.05, 3.63) is 0 Å². The number of amides is 3. The summed E-state index contributed by atoms with van der Waals surface area (Å²) in [5, 5.41) is 2.14. The van der Waals surface area contributed by atoms with Crippen molar-refractivity contribution < 1.29 is 9.59 Å². The molecular formula is C12H22N4O2. The lowest BCUT2D eigenvalue weighted by Crippen LogP contribution is -2.48. The quantitative estimate of drug-likeness (QED) is 0.625. The van der Waals surface area contributed by atoms with E-state index in [1.54, 1.807) is 6.92 Å². The topological polar surface area (TPSA) is 101 Å². The van der Waals surface area contributed by atoms with Crippen molar-refractivity contribution in [2.45, 2.75) is 38.3 Å². The van der Waals surface area contributed by atoms with Gasteiger partial charge in [-0.05, 0) is 31.6 Å². The Bertz CT molecular complexity index is 347. The van der Waals surface area contributed by atoms with Gasteiger partial charge in [-0.15, -0.1) is 0 Å². The first-order valence-corrected chi connectivity index (χ1v) is 6.59. The normalized spacial score (nSPS) is 33.8. The Morgan fingerprint density at radius 1 is 1.33 bits per heavy atom. The summed E-state index contributed by atoms with van der Waals surface area (Å²) < 4.78 is 0. The van der Waals surface area contributed by atoms with Gasteiger partial charge >= 0.3 is 6.03 Å². The van der Waals surface area contributed by atoms with Gasteiger partial charge in [0.25, 0.3) is 0 Å². The molecule has 102 valence electrons.